The first-order chi connectivity index (χ1) is 9.41. The van der Waals surface area contributed by atoms with Crippen molar-refractivity contribution in [3.05, 3.63) is 45.7 Å². The number of amides is 1. The Morgan fingerprint density at radius 2 is 2.15 bits per heavy atom. The van der Waals surface area contributed by atoms with E-state index in [9.17, 15) is 4.79 Å². The first-order valence-corrected chi connectivity index (χ1v) is 6.63. The van der Waals surface area contributed by atoms with E-state index < -0.39 is 0 Å². The van der Waals surface area contributed by atoms with Gasteiger partial charge in [0.1, 0.15) is 5.69 Å². The molecule has 0 aliphatic rings. The number of nitrogen functional groups attached to an aromatic ring is 1. The molecule has 1 aromatic carbocycles. The minimum atomic E-state index is -0.224. The number of carbonyl (C=O) groups excluding carboxylic acids is 1. The van der Waals surface area contributed by atoms with Crippen LogP contribution in [0, 0.1) is 0 Å². The Bertz CT molecular complexity index is 634. The number of rotatable bonds is 3. The maximum absolute atomic E-state index is 12.4. The predicted molar refractivity (Wildman–Crippen MR) is 79.9 cm³/mol. The number of halogens is 2. The Morgan fingerprint density at radius 1 is 1.45 bits per heavy atom. The fraction of sp³-hybridized carbons (Fsp3) is 0.231. The fourth-order valence-corrected chi connectivity index (χ4v) is 2.27. The van der Waals surface area contributed by atoms with E-state index in [-0.39, 0.29) is 5.91 Å². The minimum absolute atomic E-state index is 0.224. The van der Waals surface area contributed by atoms with Gasteiger partial charge < -0.3 is 10.6 Å². The van der Waals surface area contributed by atoms with Crippen LogP contribution < -0.4 is 5.73 Å². The Kier molecular flexibility index (Phi) is 4.20. The van der Waals surface area contributed by atoms with Crippen LogP contribution in [0.15, 0.2) is 24.4 Å². The molecule has 7 heteroatoms. The number of hydrogen-bond donors (Lipinski definition) is 1. The molecule has 0 radical (unpaired) electrons. The number of hydrogen-bond acceptors (Lipinski definition) is 3. The van der Waals surface area contributed by atoms with Crippen LogP contribution in [0.1, 0.15) is 16.1 Å². The monoisotopic (exact) mass is 312 g/mol. The summed E-state index contributed by atoms with van der Waals surface area (Å²) in [4.78, 5) is 13.9. The zero-order valence-corrected chi connectivity index (χ0v) is 12.6. The molecule has 20 heavy (non-hydrogen) atoms. The Morgan fingerprint density at radius 3 is 2.75 bits per heavy atom. The van der Waals surface area contributed by atoms with Gasteiger partial charge in [0.05, 0.1) is 21.9 Å². The van der Waals surface area contributed by atoms with E-state index in [1.807, 2.05) is 6.07 Å². The second kappa shape index (κ2) is 5.73. The predicted octanol–water partition coefficient (Wildman–Crippen LogP) is 2.58. The van der Waals surface area contributed by atoms with E-state index in [4.69, 9.17) is 28.9 Å². The van der Waals surface area contributed by atoms with Crippen molar-refractivity contribution in [2.45, 2.75) is 6.54 Å². The van der Waals surface area contributed by atoms with Gasteiger partial charge in [-0.1, -0.05) is 35.3 Å². The first kappa shape index (κ1) is 14.7. The zero-order chi connectivity index (χ0) is 14.9. The van der Waals surface area contributed by atoms with Crippen LogP contribution in [0.5, 0.6) is 0 Å². The number of aryl methyl sites for hydroxylation is 1. The van der Waals surface area contributed by atoms with Crippen LogP contribution in [0.4, 0.5) is 5.69 Å². The highest BCUT2D eigenvalue weighted by atomic mass is 35.5. The van der Waals surface area contributed by atoms with Gasteiger partial charge in [-0.2, -0.15) is 5.10 Å². The normalized spacial score (nSPS) is 10.6. The summed E-state index contributed by atoms with van der Waals surface area (Å²) in [5, 5.41) is 4.87. The van der Waals surface area contributed by atoms with Gasteiger partial charge >= 0.3 is 0 Å². The number of anilines is 1. The highest BCUT2D eigenvalue weighted by Crippen LogP contribution is 2.26. The van der Waals surface area contributed by atoms with Crippen molar-refractivity contribution in [2.24, 2.45) is 7.05 Å². The molecule has 2 aromatic rings. The lowest BCUT2D eigenvalue weighted by Gasteiger charge is -2.18. The van der Waals surface area contributed by atoms with Gasteiger partial charge in [0.2, 0.25) is 0 Å². The van der Waals surface area contributed by atoms with Gasteiger partial charge in [-0.15, -0.1) is 0 Å². The molecule has 0 bridgehead atoms. The molecule has 0 atom stereocenters. The third kappa shape index (κ3) is 2.73. The van der Waals surface area contributed by atoms with Crippen molar-refractivity contribution in [2.75, 3.05) is 12.8 Å². The van der Waals surface area contributed by atoms with Crippen molar-refractivity contribution >= 4 is 34.8 Å². The van der Waals surface area contributed by atoms with Crippen molar-refractivity contribution < 1.29 is 4.79 Å². The SMILES string of the molecule is CN(Cc1cccc(Cl)c1Cl)C(=O)c1c(N)cnn1C. The molecule has 5 nitrogen and oxygen atoms in total. The van der Waals surface area contributed by atoms with E-state index in [1.54, 1.807) is 26.2 Å². The maximum atomic E-state index is 12.4. The van der Waals surface area contributed by atoms with Gasteiger partial charge in [0.25, 0.3) is 5.91 Å². The molecule has 1 amide bonds. The number of nitrogens with two attached hydrogens (primary N) is 1. The number of carbonyl (C=O) groups is 1. The quantitative estimate of drug-likeness (QED) is 0.947. The van der Waals surface area contributed by atoms with Gasteiger partial charge in [0.15, 0.2) is 0 Å². The molecule has 2 rings (SSSR count). The Hall–Kier alpha value is -1.72. The smallest absolute Gasteiger partial charge is 0.274 e. The van der Waals surface area contributed by atoms with E-state index in [0.29, 0.717) is 28.0 Å². The maximum Gasteiger partial charge on any atom is 0.274 e. The van der Waals surface area contributed by atoms with Crippen molar-refractivity contribution in [3.63, 3.8) is 0 Å². The van der Waals surface area contributed by atoms with Crippen molar-refractivity contribution in [1.29, 1.82) is 0 Å². The summed E-state index contributed by atoms with van der Waals surface area (Å²) in [6.45, 7) is 0.336. The molecule has 0 saturated carbocycles. The summed E-state index contributed by atoms with van der Waals surface area (Å²) in [5.74, 6) is -0.224. The van der Waals surface area contributed by atoms with Crippen LogP contribution in [-0.2, 0) is 13.6 Å². The lowest BCUT2D eigenvalue weighted by atomic mass is 10.2. The Balaban J connectivity index is 2.22. The molecule has 0 saturated heterocycles. The summed E-state index contributed by atoms with van der Waals surface area (Å²) in [7, 11) is 3.34. The van der Waals surface area contributed by atoms with Gasteiger partial charge in [-0.3, -0.25) is 9.48 Å². The lowest BCUT2D eigenvalue weighted by molar-refractivity contribution is 0.0775. The number of benzene rings is 1. The molecule has 1 heterocycles. The number of nitrogens with zero attached hydrogens (tertiary/aromatic N) is 3. The molecular weight excluding hydrogens is 299 g/mol. The van der Waals surface area contributed by atoms with E-state index >= 15 is 0 Å². The molecule has 0 spiro atoms. The van der Waals surface area contributed by atoms with Gasteiger partial charge in [0, 0.05) is 20.6 Å². The molecule has 0 aliphatic heterocycles. The van der Waals surface area contributed by atoms with Crippen molar-refractivity contribution in [1.82, 2.24) is 14.7 Å². The summed E-state index contributed by atoms with van der Waals surface area (Å²) in [6.07, 6.45) is 1.45. The summed E-state index contributed by atoms with van der Waals surface area (Å²) >= 11 is 12.1. The molecular formula is C13H14Cl2N4O. The fourth-order valence-electron chi connectivity index (χ4n) is 1.90. The molecule has 0 unspecified atom stereocenters. The summed E-state index contributed by atoms with van der Waals surface area (Å²) < 4.78 is 1.45. The van der Waals surface area contributed by atoms with Crippen LogP contribution >= 0.6 is 23.2 Å². The zero-order valence-electron chi connectivity index (χ0n) is 11.1. The third-order valence-corrected chi connectivity index (χ3v) is 3.81. The molecule has 0 fully saturated rings. The minimum Gasteiger partial charge on any atom is -0.396 e. The molecule has 1 aromatic heterocycles. The van der Waals surface area contributed by atoms with E-state index in [0.717, 1.165) is 5.56 Å². The van der Waals surface area contributed by atoms with Gasteiger partial charge in [-0.25, -0.2) is 0 Å². The highest BCUT2D eigenvalue weighted by Gasteiger charge is 2.20. The average molecular weight is 313 g/mol. The second-order valence-corrected chi connectivity index (χ2v) is 5.23. The molecule has 106 valence electrons. The average Bonchev–Trinajstić information content (AvgIpc) is 2.73. The van der Waals surface area contributed by atoms with Crippen LogP contribution in [0.3, 0.4) is 0 Å². The number of aromatic nitrogens is 2. The standard InChI is InChI=1S/C13H14Cl2N4O/c1-18(7-8-4-3-5-9(14)11(8)15)13(20)12-10(16)6-17-19(12)2/h3-6H,7,16H2,1-2H3. The molecule has 0 aliphatic carbocycles. The van der Waals surface area contributed by atoms with Crippen molar-refractivity contribution in [3.8, 4) is 0 Å². The van der Waals surface area contributed by atoms with E-state index in [2.05, 4.69) is 5.10 Å². The second-order valence-electron chi connectivity index (χ2n) is 4.45. The Labute approximate surface area is 126 Å². The lowest BCUT2D eigenvalue weighted by Crippen LogP contribution is -2.28. The first-order valence-electron chi connectivity index (χ1n) is 5.87. The topological polar surface area (TPSA) is 64.2 Å². The largest absolute Gasteiger partial charge is 0.396 e. The van der Waals surface area contributed by atoms with Crippen LogP contribution in [0.25, 0.3) is 0 Å². The van der Waals surface area contributed by atoms with Crippen LogP contribution in [-0.4, -0.2) is 27.6 Å². The summed E-state index contributed by atoms with van der Waals surface area (Å²) in [6, 6.07) is 5.32. The highest BCUT2D eigenvalue weighted by molar-refractivity contribution is 6.42. The summed E-state index contributed by atoms with van der Waals surface area (Å²) in [5.41, 5.74) is 7.22. The van der Waals surface area contributed by atoms with E-state index in [1.165, 1.54) is 15.8 Å². The third-order valence-electron chi connectivity index (χ3n) is 2.96. The van der Waals surface area contributed by atoms with Gasteiger partial charge in [-0.05, 0) is 11.6 Å². The van der Waals surface area contributed by atoms with Crippen LogP contribution in [0.2, 0.25) is 10.0 Å². The molecule has 2 N–H and O–H groups in total.